The molecule has 0 fully saturated rings. The Bertz CT molecular complexity index is 73.5. The molecule has 0 aliphatic heterocycles. The molecular formula is C6H18OSi2. The van der Waals surface area contributed by atoms with Gasteiger partial charge in [-0.3, -0.25) is 0 Å². The summed E-state index contributed by atoms with van der Waals surface area (Å²) in [4.78, 5) is 0. The Balaban J connectivity index is 3.38. The lowest BCUT2D eigenvalue weighted by Crippen LogP contribution is -2.28. The molecule has 56 valence electrons. The minimum absolute atomic E-state index is 0.508. The zero-order chi connectivity index (χ0) is 7.44. The fourth-order valence-electron chi connectivity index (χ4n) is 0.586. The van der Waals surface area contributed by atoms with Crippen molar-refractivity contribution in [2.24, 2.45) is 0 Å². The molecule has 0 amide bonds. The molecule has 0 saturated heterocycles. The van der Waals surface area contributed by atoms with E-state index in [0.29, 0.717) is 5.73 Å². The SMILES string of the molecule is CC(O[SiH](C)C)[SiH](C)C. The summed E-state index contributed by atoms with van der Waals surface area (Å²) in [5.74, 6) is 0. The van der Waals surface area contributed by atoms with Crippen LogP contribution in [0, 0.1) is 0 Å². The summed E-state index contributed by atoms with van der Waals surface area (Å²) in [6, 6.07) is 0. The first kappa shape index (κ1) is 9.39. The van der Waals surface area contributed by atoms with Gasteiger partial charge in [0, 0.05) is 5.73 Å². The van der Waals surface area contributed by atoms with Gasteiger partial charge in [0.25, 0.3) is 0 Å². The third kappa shape index (κ3) is 4.87. The first-order chi connectivity index (χ1) is 4.04. The van der Waals surface area contributed by atoms with Gasteiger partial charge < -0.3 is 4.43 Å². The highest BCUT2D eigenvalue weighted by molar-refractivity contribution is 6.59. The standard InChI is InChI=1S/C6H18OSi2/c1-6(8(2)3)7-9(4)5/h6,8-9H,1-5H3. The number of hydrogen-bond acceptors (Lipinski definition) is 1. The minimum Gasteiger partial charge on any atom is -0.421 e. The van der Waals surface area contributed by atoms with Crippen molar-refractivity contribution in [2.75, 3.05) is 0 Å². The molecule has 1 atom stereocenters. The zero-order valence-electron chi connectivity index (χ0n) is 7.14. The molecule has 1 unspecified atom stereocenters. The van der Waals surface area contributed by atoms with E-state index in [2.05, 4.69) is 33.1 Å². The first-order valence-electron chi connectivity index (χ1n) is 3.69. The second-order valence-corrected chi connectivity index (χ2v) is 8.93. The molecule has 0 heterocycles. The van der Waals surface area contributed by atoms with E-state index in [-0.39, 0.29) is 0 Å². The molecule has 0 aromatic rings. The van der Waals surface area contributed by atoms with Gasteiger partial charge in [0.2, 0.25) is 0 Å². The van der Waals surface area contributed by atoms with Gasteiger partial charge >= 0.3 is 0 Å². The van der Waals surface area contributed by atoms with Crippen LogP contribution in [-0.4, -0.2) is 23.6 Å². The fourth-order valence-corrected chi connectivity index (χ4v) is 3.64. The van der Waals surface area contributed by atoms with Crippen molar-refractivity contribution in [3.63, 3.8) is 0 Å². The Morgan fingerprint density at radius 1 is 1.11 bits per heavy atom. The van der Waals surface area contributed by atoms with Gasteiger partial charge in [-0.15, -0.1) is 0 Å². The number of hydrogen-bond donors (Lipinski definition) is 0. The normalized spacial score (nSPS) is 15.0. The molecule has 0 N–H and O–H groups in total. The van der Waals surface area contributed by atoms with Crippen LogP contribution in [0.4, 0.5) is 0 Å². The lowest BCUT2D eigenvalue weighted by Gasteiger charge is -2.17. The van der Waals surface area contributed by atoms with Crippen molar-refractivity contribution in [1.29, 1.82) is 0 Å². The van der Waals surface area contributed by atoms with Gasteiger partial charge in [0.1, 0.15) is 0 Å². The molecule has 0 radical (unpaired) electrons. The average molecular weight is 162 g/mol. The van der Waals surface area contributed by atoms with Crippen molar-refractivity contribution in [1.82, 2.24) is 0 Å². The lowest BCUT2D eigenvalue weighted by atomic mass is 10.9. The van der Waals surface area contributed by atoms with Gasteiger partial charge in [-0.1, -0.05) is 13.1 Å². The summed E-state index contributed by atoms with van der Waals surface area (Å²) in [6.45, 7) is 11.3. The largest absolute Gasteiger partial charge is 0.421 e. The predicted octanol–water partition coefficient (Wildman–Crippen LogP) is 1.40. The van der Waals surface area contributed by atoms with E-state index >= 15 is 0 Å². The van der Waals surface area contributed by atoms with Crippen LogP contribution in [0.2, 0.25) is 26.2 Å². The molecule has 9 heavy (non-hydrogen) atoms. The molecule has 0 rings (SSSR count). The van der Waals surface area contributed by atoms with Gasteiger partial charge in [0.15, 0.2) is 9.04 Å². The van der Waals surface area contributed by atoms with Crippen LogP contribution >= 0.6 is 0 Å². The molecule has 0 aliphatic carbocycles. The van der Waals surface area contributed by atoms with Crippen molar-refractivity contribution in [3.05, 3.63) is 0 Å². The van der Waals surface area contributed by atoms with E-state index in [1.54, 1.807) is 0 Å². The van der Waals surface area contributed by atoms with Crippen LogP contribution < -0.4 is 0 Å². The fraction of sp³-hybridized carbons (Fsp3) is 1.00. The Morgan fingerprint density at radius 2 is 1.56 bits per heavy atom. The summed E-state index contributed by atoms with van der Waals surface area (Å²) < 4.78 is 5.71. The molecule has 3 heteroatoms. The molecular weight excluding hydrogens is 144 g/mol. The van der Waals surface area contributed by atoms with Crippen molar-refractivity contribution in [3.8, 4) is 0 Å². The van der Waals surface area contributed by atoms with E-state index in [1.165, 1.54) is 0 Å². The third-order valence-electron chi connectivity index (χ3n) is 1.43. The van der Waals surface area contributed by atoms with Crippen LogP contribution in [0.5, 0.6) is 0 Å². The van der Waals surface area contributed by atoms with Gasteiger partial charge in [-0.05, 0) is 20.0 Å². The van der Waals surface area contributed by atoms with Crippen molar-refractivity contribution in [2.45, 2.75) is 38.8 Å². The Morgan fingerprint density at radius 3 is 1.67 bits per heavy atom. The summed E-state index contributed by atoms with van der Waals surface area (Å²) >= 11 is 0. The van der Waals surface area contributed by atoms with Crippen LogP contribution in [-0.2, 0) is 4.43 Å². The molecule has 0 bridgehead atoms. The third-order valence-corrected chi connectivity index (χ3v) is 4.75. The molecule has 0 aliphatic rings. The van der Waals surface area contributed by atoms with Crippen LogP contribution in [0.1, 0.15) is 6.92 Å². The van der Waals surface area contributed by atoms with Crippen molar-refractivity contribution >= 4 is 17.8 Å². The molecule has 0 saturated carbocycles. The van der Waals surface area contributed by atoms with E-state index in [9.17, 15) is 0 Å². The summed E-state index contributed by atoms with van der Waals surface area (Å²) in [6.07, 6.45) is 0. The minimum atomic E-state index is -0.750. The average Bonchev–Trinajstić information content (AvgIpc) is 1.63. The zero-order valence-corrected chi connectivity index (χ0v) is 9.45. The molecule has 0 aromatic heterocycles. The highest BCUT2D eigenvalue weighted by atomic mass is 28.3. The van der Waals surface area contributed by atoms with Crippen molar-refractivity contribution < 1.29 is 4.43 Å². The summed E-state index contributed by atoms with van der Waals surface area (Å²) in [5.41, 5.74) is 0.594. The molecule has 1 nitrogen and oxygen atoms in total. The van der Waals surface area contributed by atoms with Crippen LogP contribution in [0.25, 0.3) is 0 Å². The maximum absolute atomic E-state index is 5.71. The highest BCUT2D eigenvalue weighted by Gasteiger charge is 2.09. The van der Waals surface area contributed by atoms with E-state index in [0.717, 1.165) is 0 Å². The highest BCUT2D eigenvalue weighted by Crippen LogP contribution is 1.98. The second kappa shape index (κ2) is 4.25. The Labute approximate surface area is 61.8 Å². The first-order valence-corrected chi connectivity index (χ1v) is 9.45. The van der Waals surface area contributed by atoms with Crippen LogP contribution in [0.3, 0.4) is 0 Å². The van der Waals surface area contributed by atoms with Crippen LogP contribution in [0.15, 0.2) is 0 Å². The lowest BCUT2D eigenvalue weighted by molar-refractivity contribution is 0.301. The number of rotatable bonds is 3. The maximum Gasteiger partial charge on any atom is 0.170 e. The topological polar surface area (TPSA) is 9.23 Å². The Kier molecular flexibility index (Phi) is 4.43. The monoisotopic (exact) mass is 162 g/mol. The van der Waals surface area contributed by atoms with Gasteiger partial charge in [-0.25, -0.2) is 0 Å². The van der Waals surface area contributed by atoms with E-state index in [1.807, 2.05) is 0 Å². The summed E-state index contributed by atoms with van der Waals surface area (Å²) in [7, 11) is -1.26. The van der Waals surface area contributed by atoms with E-state index < -0.39 is 17.8 Å². The predicted molar refractivity (Wildman–Crippen MR) is 48.3 cm³/mol. The molecule has 0 aromatic carbocycles. The van der Waals surface area contributed by atoms with Gasteiger partial charge in [-0.2, -0.15) is 0 Å². The Hall–Kier alpha value is 0.394. The van der Waals surface area contributed by atoms with Gasteiger partial charge in [0.05, 0.1) is 8.80 Å². The second-order valence-electron chi connectivity index (χ2n) is 3.13. The van der Waals surface area contributed by atoms with E-state index in [4.69, 9.17) is 4.43 Å². The maximum atomic E-state index is 5.71. The smallest absolute Gasteiger partial charge is 0.170 e. The summed E-state index contributed by atoms with van der Waals surface area (Å²) in [5, 5.41) is 0. The quantitative estimate of drug-likeness (QED) is 0.570. The molecule has 0 spiro atoms.